The summed E-state index contributed by atoms with van der Waals surface area (Å²) in [7, 11) is 0. The SMILES string of the molecule is O=C(Cc1ccc(OC(F)F)cc1)NCc1cccc(NC(=O)Cc2ccc(OC(F)F)cc2)c1. The number of nitrogens with one attached hydrogen (secondary N) is 2. The molecule has 0 aliphatic heterocycles. The molecule has 2 N–H and O–H groups in total. The molecule has 0 fully saturated rings. The van der Waals surface area contributed by atoms with Crippen molar-refractivity contribution in [3.63, 3.8) is 0 Å². The van der Waals surface area contributed by atoms with Crippen molar-refractivity contribution in [3.05, 3.63) is 89.5 Å². The van der Waals surface area contributed by atoms with E-state index in [1.54, 1.807) is 24.3 Å². The smallest absolute Gasteiger partial charge is 0.387 e. The Labute approximate surface area is 198 Å². The molecule has 6 nitrogen and oxygen atoms in total. The maximum atomic E-state index is 12.3. The Morgan fingerprint density at radius 1 is 0.686 bits per heavy atom. The molecule has 0 unspecified atom stereocenters. The van der Waals surface area contributed by atoms with E-state index in [1.165, 1.54) is 48.5 Å². The molecular weight excluding hydrogens is 468 g/mol. The number of anilines is 1. The van der Waals surface area contributed by atoms with Crippen LogP contribution in [0.25, 0.3) is 0 Å². The van der Waals surface area contributed by atoms with Crippen LogP contribution in [0.3, 0.4) is 0 Å². The summed E-state index contributed by atoms with van der Waals surface area (Å²) in [6.07, 6.45) is 0.101. The topological polar surface area (TPSA) is 76.7 Å². The van der Waals surface area contributed by atoms with Gasteiger partial charge in [0.1, 0.15) is 11.5 Å². The van der Waals surface area contributed by atoms with Crippen LogP contribution in [0, 0.1) is 0 Å². The maximum Gasteiger partial charge on any atom is 0.387 e. The van der Waals surface area contributed by atoms with Gasteiger partial charge in [-0.05, 0) is 53.1 Å². The van der Waals surface area contributed by atoms with Crippen molar-refractivity contribution in [2.45, 2.75) is 32.6 Å². The van der Waals surface area contributed by atoms with Gasteiger partial charge in [-0.15, -0.1) is 0 Å². The third kappa shape index (κ3) is 9.00. The Morgan fingerprint density at radius 2 is 1.20 bits per heavy atom. The number of carbonyl (C=O) groups is 2. The molecule has 0 saturated carbocycles. The van der Waals surface area contributed by atoms with E-state index < -0.39 is 13.2 Å². The minimum absolute atomic E-state index is 0.0108. The van der Waals surface area contributed by atoms with Gasteiger partial charge in [0.05, 0.1) is 12.8 Å². The second-order valence-corrected chi connectivity index (χ2v) is 7.42. The first-order valence-corrected chi connectivity index (χ1v) is 10.5. The molecule has 2 amide bonds. The van der Waals surface area contributed by atoms with E-state index in [0.717, 1.165) is 5.56 Å². The second-order valence-electron chi connectivity index (χ2n) is 7.42. The third-order valence-electron chi connectivity index (χ3n) is 4.73. The quantitative estimate of drug-likeness (QED) is 0.374. The predicted molar refractivity (Wildman–Crippen MR) is 120 cm³/mol. The molecule has 3 rings (SSSR count). The number of rotatable bonds is 11. The van der Waals surface area contributed by atoms with E-state index in [4.69, 9.17) is 0 Å². The Bertz CT molecular complexity index is 1120. The molecule has 184 valence electrons. The molecule has 0 spiro atoms. The Hall–Kier alpha value is -4.08. The second kappa shape index (κ2) is 12.4. The number of ether oxygens (including phenoxy) is 2. The number of carbonyl (C=O) groups excluding carboxylic acids is 2. The fraction of sp³-hybridized carbons (Fsp3) is 0.200. The van der Waals surface area contributed by atoms with Crippen molar-refractivity contribution in [2.24, 2.45) is 0 Å². The lowest BCUT2D eigenvalue weighted by Gasteiger charge is -2.10. The molecule has 0 radical (unpaired) electrons. The van der Waals surface area contributed by atoms with Crippen LogP contribution < -0.4 is 20.1 Å². The summed E-state index contributed by atoms with van der Waals surface area (Å²) >= 11 is 0. The van der Waals surface area contributed by atoms with E-state index >= 15 is 0 Å². The van der Waals surface area contributed by atoms with E-state index in [0.29, 0.717) is 16.8 Å². The molecule has 10 heteroatoms. The van der Waals surface area contributed by atoms with Crippen molar-refractivity contribution in [2.75, 3.05) is 5.32 Å². The summed E-state index contributed by atoms with van der Waals surface area (Å²) in [6, 6.07) is 18.5. The molecule has 3 aromatic rings. The molecule has 0 atom stereocenters. The van der Waals surface area contributed by atoms with Crippen LogP contribution in [-0.2, 0) is 29.0 Å². The summed E-state index contributed by atoms with van der Waals surface area (Å²) in [4.78, 5) is 24.5. The molecule has 0 aromatic heterocycles. The highest BCUT2D eigenvalue weighted by molar-refractivity contribution is 5.92. The van der Waals surface area contributed by atoms with Gasteiger partial charge in [0.25, 0.3) is 0 Å². The lowest BCUT2D eigenvalue weighted by molar-refractivity contribution is -0.120. The van der Waals surface area contributed by atoms with Gasteiger partial charge >= 0.3 is 13.2 Å². The van der Waals surface area contributed by atoms with Gasteiger partial charge < -0.3 is 20.1 Å². The van der Waals surface area contributed by atoms with Crippen LogP contribution in [0.1, 0.15) is 16.7 Å². The van der Waals surface area contributed by atoms with E-state index in [9.17, 15) is 27.2 Å². The maximum absolute atomic E-state index is 12.3. The predicted octanol–water partition coefficient (Wildman–Crippen LogP) is 4.93. The fourth-order valence-electron chi connectivity index (χ4n) is 3.18. The third-order valence-corrected chi connectivity index (χ3v) is 4.73. The Balaban J connectivity index is 1.47. The number of alkyl halides is 4. The standard InChI is InChI=1S/C25H22F4N2O4/c26-24(27)34-20-8-4-16(5-9-20)13-22(32)30-15-18-2-1-3-19(12-18)31-23(33)14-17-6-10-21(11-7-17)35-25(28)29/h1-12,24-25H,13-15H2,(H,30,32)(H,31,33). The zero-order valence-electron chi connectivity index (χ0n) is 18.3. The first-order chi connectivity index (χ1) is 16.8. The first-order valence-electron chi connectivity index (χ1n) is 10.5. The van der Waals surface area contributed by atoms with Crippen molar-refractivity contribution >= 4 is 17.5 Å². The molecule has 0 aliphatic carbocycles. The summed E-state index contributed by atoms with van der Waals surface area (Å²) in [6.45, 7) is -5.60. The lowest BCUT2D eigenvalue weighted by atomic mass is 10.1. The Kier molecular flexibility index (Phi) is 9.05. The number of amides is 2. The number of benzene rings is 3. The first kappa shape index (κ1) is 25.5. The molecule has 0 bridgehead atoms. The molecule has 0 saturated heterocycles. The van der Waals surface area contributed by atoms with Crippen LogP contribution in [0.15, 0.2) is 72.8 Å². The molecule has 3 aromatic carbocycles. The number of hydrogen-bond donors (Lipinski definition) is 2. The van der Waals surface area contributed by atoms with Crippen LogP contribution in [0.4, 0.5) is 23.2 Å². The van der Waals surface area contributed by atoms with Crippen LogP contribution in [0.2, 0.25) is 0 Å². The number of hydrogen-bond acceptors (Lipinski definition) is 4. The van der Waals surface area contributed by atoms with Gasteiger partial charge in [0.15, 0.2) is 0 Å². The van der Waals surface area contributed by atoms with Crippen molar-refractivity contribution in [3.8, 4) is 11.5 Å². The largest absolute Gasteiger partial charge is 0.435 e. The zero-order chi connectivity index (χ0) is 25.2. The monoisotopic (exact) mass is 490 g/mol. The highest BCUT2D eigenvalue weighted by atomic mass is 19.3. The lowest BCUT2D eigenvalue weighted by Crippen LogP contribution is -2.24. The molecule has 0 aliphatic rings. The van der Waals surface area contributed by atoms with E-state index in [-0.39, 0.29) is 42.7 Å². The minimum Gasteiger partial charge on any atom is -0.435 e. The van der Waals surface area contributed by atoms with Gasteiger partial charge in [-0.2, -0.15) is 17.6 Å². The molecular formula is C25H22F4N2O4. The van der Waals surface area contributed by atoms with Gasteiger partial charge in [-0.1, -0.05) is 36.4 Å². The zero-order valence-corrected chi connectivity index (χ0v) is 18.3. The van der Waals surface area contributed by atoms with Crippen LogP contribution in [0.5, 0.6) is 11.5 Å². The van der Waals surface area contributed by atoms with Crippen molar-refractivity contribution in [1.29, 1.82) is 0 Å². The average molecular weight is 490 g/mol. The van der Waals surface area contributed by atoms with Crippen molar-refractivity contribution < 1.29 is 36.6 Å². The van der Waals surface area contributed by atoms with Crippen LogP contribution >= 0.6 is 0 Å². The highest BCUT2D eigenvalue weighted by Gasteiger charge is 2.09. The summed E-state index contributed by atoms with van der Waals surface area (Å²) in [5.41, 5.74) is 2.56. The van der Waals surface area contributed by atoms with Gasteiger partial charge in [-0.25, -0.2) is 0 Å². The summed E-state index contributed by atoms with van der Waals surface area (Å²) in [5.74, 6) is -0.535. The molecule has 35 heavy (non-hydrogen) atoms. The molecule has 0 heterocycles. The van der Waals surface area contributed by atoms with E-state index in [2.05, 4.69) is 20.1 Å². The van der Waals surface area contributed by atoms with Gasteiger partial charge in [0, 0.05) is 12.2 Å². The normalized spacial score (nSPS) is 10.8. The van der Waals surface area contributed by atoms with Crippen molar-refractivity contribution in [1.82, 2.24) is 5.32 Å². The number of halogens is 4. The fourth-order valence-corrected chi connectivity index (χ4v) is 3.18. The van der Waals surface area contributed by atoms with E-state index in [1.807, 2.05) is 0 Å². The average Bonchev–Trinajstić information content (AvgIpc) is 2.80. The summed E-state index contributed by atoms with van der Waals surface area (Å²) < 4.78 is 57.4. The minimum atomic E-state index is -2.91. The Morgan fingerprint density at radius 3 is 1.71 bits per heavy atom. The van der Waals surface area contributed by atoms with Crippen LogP contribution in [-0.4, -0.2) is 25.0 Å². The van der Waals surface area contributed by atoms with Gasteiger partial charge in [0.2, 0.25) is 11.8 Å². The summed E-state index contributed by atoms with van der Waals surface area (Å²) in [5, 5.41) is 5.52. The highest BCUT2D eigenvalue weighted by Crippen LogP contribution is 2.17. The van der Waals surface area contributed by atoms with Gasteiger partial charge in [-0.3, -0.25) is 9.59 Å².